The topological polar surface area (TPSA) is 9.23 Å². The van der Waals surface area contributed by atoms with E-state index in [4.69, 9.17) is 4.74 Å². The van der Waals surface area contributed by atoms with Gasteiger partial charge in [0.1, 0.15) is 0 Å². The van der Waals surface area contributed by atoms with Gasteiger partial charge in [-0.25, -0.2) is 4.39 Å². The van der Waals surface area contributed by atoms with E-state index in [1.807, 2.05) is 0 Å². The normalized spacial score (nSPS) is 33.3. The SMILES string of the molecule is CCCC=CC1CCC(C2CCC(C3CCC(c4ccc(OC)c(F)c4F)CC3)CC2)CC1. The summed E-state index contributed by atoms with van der Waals surface area (Å²) >= 11 is 0. The quantitative estimate of drug-likeness (QED) is 0.370. The zero-order valence-electron chi connectivity index (χ0n) is 20.8. The fourth-order valence-corrected chi connectivity index (χ4v) is 7.27. The lowest BCUT2D eigenvalue weighted by Gasteiger charge is -2.41. The summed E-state index contributed by atoms with van der Waals surface area (Å²) in [4.78, 5) is 0. The maximum atomic E-state index is 14.5. The molecule has 1 nitrogen and oxygen atoms in total. The third-order valence-electron chi connectivity index (χ3n) is 9.34. The van der Waals surface area contributed by atoms with Gasteiger partial charge in [-0.05, 0) is 131 Å². The zero-order valence-corrected chi connectivity index (χ0v) is 20.8. The van der Waals surface area contributed by atoms with E-state index in [0.29, 0.717) is 5.56 Å². The molecule has 0 aromatic heterocycles. The highest BCUT2D eigenvalue weighted by atomic mass is 19.2. The van der Waals surface area contributed by atoms with Crippen LogP contribution in [0.4, 0.5) is 8.78 Å². The Hall–Kier alpha value is -1.38. The van der Waals surface area contributed by atoms with Gasteiger partial charge in [-0.3, -0.25) is 0 Å². The van der Waals surface area contributed by atoms with Gasteiger partial charge in [0.2, 0.25) is 5.82 Å². The van der Waals surface area contributed by atoms with Crippen LogP contribution in [0.25, 0.3) is 0 Å². The van der Waals surface area contributed by atoms with Crippen LogP contribution in [0.5, 0.6) is 5.75 Å². The number of rotatable bonds is 7. The van der Waals surface area contributed by atoms with Crippen LogP contribution < -0.4 is 4.74 Å². The number of allylic oxidation sites excluding steroid dienone is 2. The third-order valence-corrected chi connectivity index (χ3v) is 9.34. The first-order valence-corrected chi connectivity index (χ1v) is 13.8. The zero-order chi connectivity index (χ0) is 23.2. The number of ether oxygens (including phenoxy) is 1. The number of halogens is 2. The lowest BCUT2D eigenvalue weighted by Crippen LogP contribution is -2.29. The number of unbranched alkanes of at least 4 members (excludes halogenated alkanes) is 1. The highest BCUT2D eigenvalue weighted by molar-refractivity contribution is 5.33. The summed E-state index contributed by atoms with van der Waals surface area (Å²) in [6.45, 7) is 2.26. The van der Waals surface area contributed by atoms with Gasteiger partial charge in [-0.2, -0.15) is 4.39 Å². The molecule has 4 rings (SSSR count). The summed E-state index contributed by atoms with van der Waals surface area (Å²) in [5.41, 5.74) is 0.551. The molecule has 0 N–H and O–H groups in total. The molecular weight excluding hydrogens is 414 g/mol. The summed E-state index contributed by atoms with van der Waals surface area (Å²) in [5.74, 6) is 3.02. The average molecular weight is 459 g/mol. The lowest BCUT2D eigenvalue weighted by atomic mass is 9.64. The molecule has 3 aliphatic carbocycles. The highest BCUT2D eigenvalue weighted by Gasteiger charge is 2.35. The van der Waals surface area contributed by atoms with Gasteiger partial charge in [0.25, 0.3) is 0 Å². The van der Waals surface area contributed by atoms with Crippen molar-refractivity contribution in [2.45, 2.75) is 103 Å². The molecule has 0 unspecified atom stereocenters. The predicted octanol–water partition coefficient (Wildman–Crippen LogP) is 9.22. The van der Waals surface area contributed by atoms with Gasteiger partial charge in [0.05, 0.1) is 7.11 Å². The summed E-state index contributed by atoms with van der Waals surface area (Å²) in [6, 6.07) is 3.32. The van der Waals surface area contributed by atoms with Crippen molar-refractivity contribution in [1.29, 1.82) is 0 Å². The molecule has 3 fully saturated rings. The fourth-order valence-electron chi connectivity index (χ4n) is 7.27. The molecule has 0 atom stereocenters. The van der Waals surface area contributed by atoms with Crippen molar-refractivity contribution < 1.29 is 13.5 Å². The number of methoxy groups -OCH3 is 1. The van der Waals surface area contributed by atoms with Crippen LogP contribution in [0, 0.1) is 41.2 Å². The van der Waals surface area contributed by atoms with Gasteiger partial charge in [0, 0.05) is 0 Å². The standard InChI is InChI=1S/C30H44F2O/c1-3-4-5-6-21-7-9-22(10-8-21)23-11-13-24(14-12-23)25-15-17-26(18-16-25)27-19-20-28(33-2)30(32)29(27)31/h5-6,19-26H,3-4,7-18H2,1-2H3. The number of hydrogen-bond donors (Lipinski definition) is 0. The maximum Gasteiger partial charge on any atom is 0.200 e. The van der Waals surface area contributed by atoms with Crippen LogP contribution in [-0.4, -0.2) is 7.11 Å². The molecule has 0 bridgehead atoms. The molecule has 33 heavy (non-hydrogen) atoms. The van der Waals surface area contributed by atoms with Crippen LogP contribution in [0.3, 0.4) is 0 Å². The number of benzene rings is 1. The molecule has 0 saturated heterocycles. The third kappa shape index (κ3) is 6.01. The fraction of sp³-hybridized carbons (Fsp3) is 0.733. The summed E-state index contributed by atoms with van der Waals surface area (Å²) in [6.07, 6.45) is 23.0. The molecular formula is C30H44F2O. The van der Waals surface area contributed by atoms with E-state index in [-0.39, 0.29) is 11.7 Å². The molecule has 184 valence electrons. The Morgan fingerprint density at radius 2 is 1.27 bits per heavy atom. The minimum Gasteiger partial charge on any atom is -0.494 e. The lowest BCUT2D eigenvalue weighted by molar-refractivity contribution is 0.114. The largest absolute Gasteiger partial charge is 0.494 e. The van der Waals surface area contributed by atoms with Crippen LogP contribution in [0.1, 0.15) is 108 Å². The Bertz CT molecular complexity index is 764. The highest BCUT2D eigenvalue weighted by Crippen LogP contribution is 2.47. The van der Waals surface area contributed by atoms with Crippen molar-refractivity contribution in [3.05, 3.63) is 41.5 Å². The van der Waals surface area contributed by atoms with Gasteiger partial charge in [0.15, 0.2) is 11.6 Å². The molecule has 0 amide bonds. The molecule has 0 radical (unpaired) electrons. The summed E-state index contributed by atoms with van der Waals surface area (Å²) in [5, 5.41) is 0. The van der Waals surface area contributed by atoms with Crippen molar-refractivity contribution in [2.75, 3.05) is 7.11 Å². The molecule has 0 heterocycles. The Balaban J connectivity index is 1.21. The van der Waals surface area contributed by atoms with Crippen LogP contribution in [0.2, 0.25) is 0 Å². The van der Waals surface area contributed by atoms with E-state index < -0.39 is 11.6 Å². The van der Waals surface area contributed by atoms with Crippen molar-refractivity contribution >= 4 is 0 Å². The first kappa shape index (κ1) is 24.7. The average Bonchev–Trinajstić information content (AvgIpc) is 2.87. The van der Waals surface area contributed by atoms with Crippen LogP contribution >= 0.6 is 0 Å². The first-order chi connectivity index (χ1) is 16.1. The van der Waals surface area contributed by atoms with Gasteiger partial charge in [-0.1, -0.05) is 31.6 Å². The van der Waals surface area contributed by atoms with Crippen molar-refractivity contribution in [3.8, 4) is 5.75 Å². The minimum absolute atomic E-state index is 0.00291. The molecule has 3 aliphatic rings. The predicted molar refractivity (Wildman–Crippen MR) is 133 cm³/mol. The van der Waals surface area contributed by atoms with E-state index >= 15 is 0 Å². The Labute approximate surface area is 200 Å². The molecule has 0 aliphatic heterocycles. The Morgan fingerprint density at radius 3 is 1.79 bits per heavy atom. The van der Waals surface area contributed by atoms with E-state index in [0.717, 1.165) is 42.4 Å². The smallest absolute Gasteiger partial charge is 0.200 e. The summed E-state index contributed by atoms with van der Waals surface area (Å²) < 4.78 is 33.6. The molecule has 1 aromatic carbocycles. The van der Waals surface area contributed by atoms with E-state index in [2.05, 4.69) is 19.1 Å². The maximum absolute atomic E-state index is 14.5. The van der Waals surface area contributed by atoms with Crippen molar-refractivity contribution in [1.82, 2.24) is 0 Å². The monoisotopic (exact) mass is 458 g/mol. The second kappa shape index (κ2) is 11.8. The van der Waals surface area contributed by atoms with Crippen LogP contribution in [-0.2, 0) is 0 Å². The van der Waals surface area contributed by atoms with Gasteiger partial charge >= 0.3 is 0 Å². The second-order valence-electron chi connectivity index (χ2n) is 11.2. The van der Waals surface area contributed by atoms with Gasteiger partial charge in [-0.15, -0.1) is 0 Å². The number of hydrogen-bond acceptors (Lipinski definition) is 1. The first-order valence-electron chi connectivity index (χ1n) is 13.8. The van der Waals surface area contributed by atoms with E-state index in [1.54, 1.807) is 12.1 Å². The van der Waals surface area contributed by atoms with Crippen molar-refractivity contribution in [2.24, 2.45) is 29.6 Å². The van der Waals surface area contributed by atoms with E-state index in [1.165, 1.54) is 84.2 Å². The van der Waals surface area contributed by atoms with Crippen LogP contribution in [0.15, 0.2) is 24.3 Å². The molecule has 1 aromatic rings. The second-order valence-corrected chi connectivity index (χ2v) is 11.2. The van der Waals surface area contributed by atoms with Crippen molar-refractivity contribution in [3.63, 3.8) is 0 Å². The van der Waals surface area contributed by atoms with Gasteiger partial charge < -0.3 is 4.74 Å². The summed E-state index contributed by atoms with van der Waals surface area (Å²) in [7, 11) is 1.38. The minimum atomic E-state index is -0.832. The molecule has 3 heteroatoms. The van der Waals surface area contributed by atoms with E-state index in [9.17, 15) is 8.78 Å². The molecule has 3 saturated carbocycles. The molecule has 0 spiro atoms. The Kier molecular flexibility index (Phi) is 8.88. The Morgan fingerprint density at radius 1 is 0.758 bits per heavy atom.